The molecular formula is C45H59N9O7. The standard InChI is InChI=1S/C45H59N9O7/c1-27-23-31(30-7-5-4-6-8-30)10-12-33(27)42(56)52-36(15-16-46)45(59)54(3)40-32-11-14-39(61-22-19-49)35(26-32)34-24-29(9-13-38(34)60-21-18-48)25-37(43(57)50-20-17-47)53-41(55)28(2)51-44(40)58/h9-14,23-24,26,28,30,36-37,40H,4-8,15-16,18-22,25,46,48-49H2,1-3H3,(H,50,57)(H,51,58)(H,52,56)(H,53,55)/t28-,36-,37-,40-/m0/s1. The predicted octanol–water partition coefficient (Wildman–Crippen LogP) is 2.22. The maximum atomic E-state index is 14.6. The van der Waals surface area contributed by atoms with Gasteiger partial charge in [-0.3, -0.25) is 24.0 Å². The van der Waals surface area contributed by atoms with Crippen molar-refractivity contribution >= 4 is 29.5 Å². The molecule has 16 nitrogen and oxygen atoms in total. The molecule has 1 saturated carbocycles. The first-order chi connectivity index (χ1) is 29.4. The van der Waals surface area contributed by atoms with Crippen molar-refractivity contribution in [2.75, 3.05) is 46.4 Å². The summed E-state index contributed by atoms with van der Waals surface area (Å²) in [7, 11) is 1.45. The second kappa shape index (κ2) is 22.0. The van der Waals surface area contributed by atoms with Crippen molar-refractivity contribution in [3.8, 4) is 28.7 Å². The molecule has 0 unspecified atom stereocenters. The zero-order valence-corrected chi connectivity index (χ0v) is 35.3. The fourth-order valence-electron chi connectivity index (χ4n) is 8.00. The van der Waals surface area contributed by atoms with Crippen LogP contribution in [-0.2, 0) is 25.6 Å². The van der Waals surface area contributed by atoms with Crippen LogP contribution < -0.4 is 47.9 Å². The van der Waals surface area contributed by atoms with Gasteiger partial charge >= 0.3 is 0 Å². The number of carbonyl (C=O) groups is 5. The van der Waals surface area contributed by atoms with Crippen LogP contribution in [0.2, 0.25) is 0 Å². The normalized spacial score (nSPS) is 18.6. The van der Waals surface area contributed by atoms with E-state index in [-0.39, 0.29) is 52.2 Å². The third-order valence-corrected chi connectivity index (χ3v) is 11.2. The Morgan fingerprint density at radius 3 is 2.16 bits per heavy atom. The molecule has 3 aromatic rings. The molecule has 1 aliphatic carbocycles. The third kappa shape index (κ3) is 11.6. The highest BCUT2D eigenvalue weighted by molar-refractivity contribution is 6.00. The fourth-order valence-corrected chi connectivity index (χ4v) is 8.00. The van der Waals surface area contributed by atoms with E-state index < -0.39 is 53.7 Å². The van der Waals surface area contributed by atoms with Crippen molar-refractivity contribution in [3.05, 3.63) is 82.4 Å². The number of benzene rings is 3. The van der Waals surface area contributed by atoms with Crippen molar-refractivity contribution in [2.45, 2.75) is 88.9 Å². The van der Waals surface area contributed by atoms with E-state index in [2.05, 4.69) is 27.3 Å². The SMILES string of the molecule is Cc1cc(C2CCCCC2)ccc1C(=O)N[C@@H](CCN)C(=O)N(C)[C@@H]1C(=O)N[C@@H](C)C(=O)N[C@H](C(=O)NCC#N)Cc2ccc(OCCN)c(c2)-c2cc1ccc2OCCN. The summed E-state index contributed by atoms with van der Waals surface area (Å²) in [5.41, 5.74) is 22.1. The van der Waals surface area contributed by atoms with E-state index in [1.807, 2.05) is 19.1 Å². The van der Waals surface area contributed by atoms with Crippen LogP contribution in [0.5, 0.6) is 11.5 Å². The topological polar surface area (TPSA) is 257 Å². The summed E-state index contributed by atoms with van der Waals surface area (Å²) in [6.07, 6.45) is 5.92. The number of nitrogens with one attached hydrogen (secondary N) is 4. The Morgan fingerprint density at radius 1 is 0.869 bits per heavy atom. The lowest BCUT2D eigenvalue weighted by Crippen LogP contribution is -2.56. The largest absolute Gasteiger partial charge is 0.492 e. The molecule has 1 heterocycles. The van der Waals surface area contributed by atoms with Crippen LogP contribution in [0.4, 0.5) is 0 Å². The minimum absolute atomic E-state index is 0.0187. The van der Waals surface area contributed by atoms with Crippen LogP contribution in [0.25, 0.3) is 11.1 Å². The van der Waals surface area contributed by atoms with E-state index in [1.165, 1.54) is 43.7 Å². The number of nitrogens with zero attached hydrogens (tertiary/aromatic N) is 2. The molecule has 5 amide bonds. The average Bonchev–Trinajstić information content (AvgIpc) is 3.26. The summed E-state index contributed by atoms with van der Waals surface area (Å²) in [4.78, 5) is 71.2. The Labute approximate surface area is 357 Å². The summed E-state index contributed by atoms with van der Waals surface area (Å²) < 4.78 is 12.2. The lowest BCUT2D eigenvalue weighted by atomic mass is 9.83. The van der Waals surface area contributed by atoms with Crippen LogP contribution >= 0.6 is 0 Å². The Kier molecular flexibility index (Phi) is 16.6. The molecule has 3 aromatic carbocycles. The van der Waals surface area contributed by atoms with E-state index in [1.54, 1.807) is 42.5 Å². The van der Waals surface area contributed by atoms with Gasteiger partial charge in [-0.15, -0.1) is 0 Å². The van der Waals surface area contributed by atoms with Gasteiger partial charge in [0.05, 0.1) is 6.07 Å². The lowest BCUT2D eigenvalue weighted by molar-refractivity contribution is -0.141. The van der Waals surface area contributed by atoms with Gasteiger partial charge in [-0.2, -0.15) is 5.26 Å². The first-order valence-electron chi connectivity index (χ1n) is 21.0. The molecule has 16 heteroatoms. The minimum Gasteiger partial charge on any atom is -0.492 e. The quantitative estimate of drug-likeness (QED) is 0.109. The molecule has 5 rings (SSSR count). The van der Waals surface area contributed by atoms with Gasteiger partial charge in [0.15, 0.2) is 0 Å². The summed E-state index contributed by atoms with van der Waals surface area (Å²) >= 11 is 0. The van der Waals surface area contributed by atoms with Crippen molar-refractivity contribution in [2.24, 2.45) is 17.2 Å². The molecule has 4 atom stereocenters. The van der Waals surface area contributed by atoms with Gasteiger partial charge in [0.1, 0.15) is 55.4 Å². The van der Waals surface area contributed by atoms with Crippen LogP contribution in [0.15, 0.2) is 54.6 Å². The van der Waals surface area contributed by atoms with Gasteiger partial charge in [0.25, 0.3) is 5.91 Å². The number of rotatable bonds is 15. The van der Waals surface area contributed by atoms with Gasteiger partial charge in [0.2, 0.25) is 23.6 Å². The molecular weight excluding hydrogens is 779 g/mol. The van der Waals surface area contributed by atoms with E-state index in [9.17, 15) is 24.0 Å². The lowest BCUT2D eigenvalue weighted by Gasteiger charge is -2.32. The van der Waals surface area contributed by atoms with Crippen molar-refractivity contribution in [3.63, 3.8) is 0 Å². The molecule has 0 aromatic heterocycles. The number of carbonyl (C=O) groups excluding carboxylic acids is 5. The maximum Gasteiger partial charge on any atom is 0.252 e. The van der Waals surface area contributed by atoms with Crippen molar-refractivity contribution in [1.29, 1.82) is 5.26 Å². The third-order valence-electron chi connectivity index (χ3n) is 11.2. The monoisotopic (exact) mass is 837 g/mol. The molecule has 0 radical (unpaired) electrons. The van der Waals surface area contributed by atoms with Gasteiger partial charge in [-0.25, -0.2) is 0 Å². The van der Waals surface area contributed by atoms with Gasteiger partial charge in [0, 0.05) is 43.2 Å². The molecule has 1 fully saturated rings. The highest BCUT2D eigenvalue weighted by Crippen LogP contribution is 2.40. The molecule has 4 bridgehead atoms. The van der Waals surface area contributed by atoms with Gasteiger partial charge < -0.3 is 52.8 Å². The minimum atomic E-state index is -1.35. The van der Waals surface area contributed by atoms with E-state index in [0.29, 0.717) is 45.2 Å². The zero-order chi connectivity index (χ0) is 44.1. The number of hydrogen-bond acceptors (Lipinski definition) is 11. The Balaban J connectivity index is 1.57. The Hall–Kier alpha value is -6.02. The number of aryl methyl sites for hydroxylation is 1. The fraction of sp³-hybridized carbons (Fsp3) is 0.467. The molecule has 0 saturated heterocycles. The van der Waals surface area contributed by atoms with Crippen LogP contribution in [-0.4, -0.2) is 99.0 Å². The smallest absolute Gasteiger partial charge is 0.252 e. The van der Waals surface area contributed by atoms with E-state index in [4.69, 9.17) is 31.9 Å². The van der Waals surface area contributed by atoms with Crippen molar-refractivity contribution in [1.82, 2.24) is 26.2 Å². The molecule has 1 aliphatic heterocycles. The number of fused-ring (bicyclic) bond motifs is 5. The number of amides is 5. The second-order valence-electron chi connectivity index (χ2n) is 15.6. The van der Waals surface area contributed by atoms with Crippen LogP contribution in [0, 0.1) is 18.3 Å². The molecule has 10 N–H and O–H groups in total. The highest BCUT2D eigenvalue weighted by Gasteiger charge is 2.36. The first kappa shape index (κ1) is 46.1. The average molecular weight is 838 g/mol. The molecule has 0 spiro atoms. The maximum absolute atomic E-state index is 14.6. The Bertz CT molecular complexity index is 2100. The molecule has 2 aliphatic rings. The predicted molar refractivity (Wildman–Crippen MR) is 230 cm³/mol. The number of likely N-dealkylation sites (N-methyl/N-ethyl adjacent to an activating group) is 1. The van der Waals surface area contributed by atoms with Crippen LogP contribution in [0.3, 0.4) is 0 Å². The molecule has 61 heavy (non-hydrogen) atoms. The summed E-state index contributed by atoms with van der Waals surface area (Å²) in [5, 5.41) is 20.0. The number of nitriles is 1. The van der Waals surface area contributed by atoms with Crippen molar-refractivity contribution < 1.29 is 33.4 Å². The summed E-state index contributed by atoms with van der Waals surface area (Å²) in [5.74, 6) is -1.78. The van der Waals surface area contributed by atoms with E-state index >= 15 is 0 Å². The number of nitrogens with two attached hydrogens (primary N) is 3. The zero-order valence-electron chi connectivity index (χ0n) is 35.3. The highest BCUT2D eigenvalue weighted by atomic mass is 16.5. The summed E-state index contributed by atoms with van der Waals surface area (Å²) in [6.45, 7) is 3.84. The molecule has 326 valence electrons. The summed E-state index contributed by atoms with van der Waals surface area (Å²) in [6, 6.07) is 13.2. The first-order valence-corrected chi connectivity index (χ1v) is 21.0. The van der Waals surface area contributed by atoms with Gasteiger partial charge in [-0.1, -0.05) is 43.5 Å². The number of hydrogen-bond donors (Lipinski definition) is 7. The number of ether oxygens (including phenoxy) is 2. The van der Waals surface area contributed by atoms with E-state index in [0.717, 1.165) is 18.4 Å². The second-order valence-corrected chi connectivity index (χ2v) is 15.6. The van der Waals surface area contributed by atoms with Gasteiger partial charge in [-0.05, 0) is 98.2 Å². The Morgan fingerprint density at radius 2 is 1.52 bits per heavy atom. The van der Waals surface area contributed by atoms with Crippen LogP contribution in [0.1, 0.15) is 90.0 Å².